The molecule has 1 unspecified atom stereocenters. The maximum absolute atomic E-state index is 12.8. The summed E-state index contributed by atoms with van der Waals surface area (Å²) in [4.78, 5) is 55.3. The van der Waals surface area contributed by atoms with Crippen molar-refractivity contribution in [1.82, 2.24) is 25.3 Å². The van der Waals surface area contributed by atoms with E-state index in [0.717, 1.165) is 16.5 Å². The van der Waals surface area contributed by atoms with Gasteiger partial charge in [0.15, 0.2) is 0 Å². The number of nitrogens with zero attached hydrogens (tertiary/aromatic N) is 4. The van der Waals surface area contributed by atoms with E-state index in [4.69, 9.17) is 9.26 Å². The van der Waals surface area contributed by atoms with Gasteiger partial charge < -0.3 is 14.2 Å². The Bertz CT molecular complexity index is 1090. The first-order valence-corrected chi connectivity index (χ1v) is 9.48. The third kappa shape index (κ3) is 3.89. The van der Waals surface area contributed by atoms with E-state index in [9.17, 15) is 19.2 Å². The number of hydrogen-bond acceptors (Lipinski definition) is 9. The third-order valence-electron chi connectivity index (χ3n) is 5.06. The fourth-order valence-corrected chi connectivity index (χ4v) is 3.43. The third-order valence-corrected chi connectivity index (χ3v) is 5.06. The Morgan fingerprint density at radius 3 is 2.65 bits per heavy atom. The molecule has 0 aliphatic carbocycles. The van der Waals surface area contributed by atoms with Crippen LogP contribution < -0.4 is 10.1 Å². The van der Waals surface area contributed by atoms with Gasteiger partial charge in [0.05, 0.1) is 13.7 Å². The predicted molar refractivity (Wildman–Crippen MR) is 104 cm³/mol. The SMILES string of the molecule is COc1ccc(-c2noc(CN(C)C3=CC(=O)N(C4CCC(=O)NC4=O)C3=O)n2)cc1. The van der Waals surface area contributed by atoms with Gasteiger partial charge in [-0.05, 0) is 30.7 Å². The maximum Gasteiger partial charge on any atom is 0.277 e. The highest BCUT2D eigenvalue weighted by atomic mass is 16.5. The van der Waals surface area contributed by atoms with Crippen LogP contribution in [0.1, 0.15) is 18.7 Å². The van der Waals surface area contributed by atoms with Gasteiger partial charge in [0.25, 0.3) is 11.8 Å². The summed E-state index contributed by atoms with van der Waals surface area (Å²) in [6.07, 6.45) is 1.32. The summed E-state index contributed by atoms with van der Waals surface area (Å²) in [5, 5.41) is 6.10. The number of carbonyl (C=O) groups excluding carboxylic acids is 4. The topological polar surface area (TPSA) is 135 Å². The monoisotopic (exact) mass is 425 g/mol. The zero-order valence-corrected chi connectivity index (χ0v) is 16.8. The number of nitrogens with one attached hydrogen (secondary N) is 1. The molecule has 11 nitrogen and oxygen atoms in total. The fraction of sp³-hybridized carbons (Fsp3) is 0.300. The van der Waals surface area contributed by atoms with Gasteiger partial charge in [-0.2, -0.15) is 4.98 Å². The molecule has 0 saturated carbocycles. The molecule has 1 aromatic heterocycles. The van der Waals surface area contributed by atoms with Gasteiger partial charge in [-0.1, -0.05) is 5.16 Å². The zero-order chi connectivity index (χ0) is 22.1. The van der Waals surface area contributed by atoms with Crippen molar-refractivity contribution in [3.63, 3.8) is 0 Å². The highest BCUT2D eigenvalue weighted by Crippen LogP contribution is 2.24. The number of ether oxygens (including phenoxy) is 1. The van der Waals surface area contributed by atoms with Crippen molar-refractivity contribution < 1.29 is 28.4 Å². The second-order valence-corrected chi connectivity index (χ2v) is 7.11. The summed E-state index contributed by atoms with van der Waals surface area (Å²) < 4.78 is 10.4. The van der Waals surface area contributed by atoms with Gasteiger partial charge in [-0.3, -0.25) is 29.4 Å². The average molecular weight is 425 g/mol. The minimum absolute atomic E-state index is 0.0642. The van der Waals surface area contributed by atoms with Crippen LogP contribution >= 0.6 is 0 Å². The molecule has 2 aromatic rings. The molecule has 4 amide bonds. The molecule has 160 valence electrons. The van der Waals surface area contributed by atoms with E-state index < -0.39 is 29.7 Å². The van der Waals surface area contributed by atoms with Crippen LogP contribution in [0.5, 0.6) is 5.75 Å². The molecule has 2 aliphatic rings. The lowest BCUT2D eigenvalue weighted by Crippen LogP contribution is -2.54. The molecule has 1 N–H and O–H groups in total. The number of imide groups is 2. The first kappa shape index (κ1) is 20.3. The number of likely N-dealkylation sites (N-methyl/N-ethyl adjacent to an activating group) is 1. The average Bonchev–Trinajstić information content (AvgIpc) is 3.33. The highest BCUT2D eigenvalue weighted by molar-refractivity contribution is 6.18. The van der Waals surface area contributed by atoms with Crippen molar-refractivity contribution >= 4 is 23.6 Å². The van der Waals surface area contributed by atoms with E-state index in [1.54, 1.807) is 38.4 Å². The molecule has 31 heavy (non-hydrogen) atoms. The lowest BCUT2D eigenvalue weighted by molar-refractivity contribution is -0.150. The van der Waals surface area contributed by atoms with Gasteiger partial charge in [0.1, 0.15) is 17.5 Å². The minimum Gasteiger partial charge on any atom is -0.497 e. The molecule has 4 rings (SSSR count). The molecule has 1 aromatic carbocycles. The molecule has 0 spiro atoms. The van der Waals surface area contributed by atoms with Crippen LogP contribution in [0, 0.1) is 0 Å². The smallest absolute Gasteiger partial charge is 0.277 e. The minimum atomic E-state index is -1.01. The zero-order valence-electron chi connectivity index (χ0n) is 16.8. The molecular formula is C20H19N5O6. The van der Waals surface area contributed by atoms with E-state index in [1.165, 1.54) is 4.90 Å². The Morgan fingerprint density at radius 2 is 1.97 bits per heavy atom. The Balaban J connectivity index is 1.45. The summed E-state index contributed by atoms with van der Waals surface area (Å²) in [6.45, 7) is 0.0806. The van der Waals surface area contributed by atoms with E-state index >= 15 is 0 Å². The molecule has 2 aliphatic heterocycles. The molecule has 0 radical (unpaired) electrons. The molecule has 1 saturated heterocycles. The first-order valence-electron chi connectivity index (χ1n) is 9.48. The van der Waals surface area contributed by atoms with Crippen LogP contribution in [0.15, 0.2) is 40.6 Å². The number of benzene rings is 1. The van der Waals surface area contributed by atoms with Gasteiger partial charge in [0, 0.05) is 25.1 Å². The normalized spacial score (nSPS) is 18.8. The summed E-state index contributed by atoms with van der Waals surface area (Å²) in [7, 11) is 3.17. The molecule has 11 heteroatoms. The van der Waals surface area contributed by atoms with E-state index in [-0.39, 0.29) is 31.0 Å². The van der Waals surface area contributed by atoms with Crippen molar-refractivity contribution in [1.29, 1.82) is 0 Å². The summed E-state index contributed by atoms with van der Waals surface area (Å²) in [5.41, 5.74) is 0.827. The van der Waals surface area contributed by atoms with E-state index in [2.05, 4.69) is 15.5 Å². The number of piperidine rings is 1. The lowest BCUT2D eigenvalue weighted by Gasteiger charge is -2.29. The standard InChI is InChI=1S/C20H19N5O6/c1-24(10-16-22-18(23-31-16)11-3-5-12(30-2)6-4-11)14-9-17(27)25(20(14)29)13-7-8-15(26)21-19(13)28/h3-6,9,13H,7-8,10H2,1-2H3,(H,21,26,28). The van der Waals surface area contributed by atoms with Gasteiger partial charge in [-0.25, -0.2) is 0 Å². The van der Waals surface area contributed by atoms with Gasteiger partial charge >= 0.3 is 0 Å². The predicted octanol–water partition coefficient (Wildman–Crippen LogP) is 0.235. The van der Waals surface area contributed by atoms with Crippen molar-refractivity contribution in [2.24, 2.45) is 0 Å². The van der Waals surface area contributed by atoms with Crippen LogP contribution in [0.2, 0.25) is 0 Å². The molecule has 3 heterocycles. The largest absolute Gasteiger partial charge is 0.497 e. The molecule has 1 atom stereocenters. The van der Waals surface area contributed by atoms with Crippen molar-refractivity contribution in [3.8, 4) is 17.1 Å². The van der Waals surface area contributed by atoms with Crippen LogP contribution in [0.25, 0.3) is 11.4 Å². The number of carbonyl (C=O) groups is 4. The quantitative estimate of drug-likeness (QED) is 0.645. The summed E-state index contributed by atoms with van der Waals surface area (Å²) in [6, 6.07) is 6.11. The Kier molecular flexibility index (Phi) is 5.24. The summed E-state index contributed by atoms with van der Waals surface area (Å²) in [5.74, 6) is -0.981. The second-order valence-electron chi connectivity index (χ2n) is 7.11. The van der Waals surface area contributed by atoms with Crippen molar-refractivity contribution in [2.75, 3.05) is 14.2 Å². The number of hydrogen-bond donors (Lipinski definition) is 1. The van der Waals surface area contributed by atoms with Crippen LogP contribution in [-0.2, 0) is 25.7 Å². The molecular weight excluding hydrogens is 406 g/mol. The van der Waals surface area contributed by atoms with E-state index in [1.807, 2.05) is 0 Å². The summed E-state index contributed by atoms with van der Waals surface area (Å²) >= 11 is 0. The number of amides is 4. The molecule has 1 fully saturated rings. The van der Waals surface area contributed by atoms with E-state index in [0.29, 0.717) is 11.6 Å². The number of methoxy groups -OCH3 is 1. The Morgan fingerprint density at radius 1 is 1.23 bits per heavy atom. The van der Waals surface area contributed by atoms with Crippen LogP contribution in [0.4, 0.5) is 0 Å². The van der Waals surface area contributed by atoms with Gasteiger partial charge in [0.2, 0.25) is 23.5 Å². The van der Waals surface area contributed by atoms with Gasteiger partial charge in [-0.15, -0.1) is 0 Å². The van der Waals surface area contributed by atoms with Crippen LogP contribution in [0.3, 0.4) is 0 Å². The maximum atomic E-state index is 12.8. The fourth-order valence-electron chi connectivity index (χ4n) is 3.43. The Hall–Kier alpha value is -4.02. The van der Waals surface area contributed by atoms with Crippen molar-refractivity contribution in [3.05, 3.63) is 41.9 Å². The van der Waals surface area contributed by atoms with Crippen molar-refractivity contribution in [2.45, 2.75) is 25.4 Å². The number of aromatic nitrogens is 2. The Labute approximate surface area is 176 Å². The highest BCUT2D eigenvalue weighted by Gasteiger charge is 2.43. The molecule has 0 bridgehead atoms. The number of rotatable bonds is 6. The second kappa shape index (κ2) is 8.01. The first-order chi connectivity index (χ1) is 14.9. The lowest BCUT2D eigenvalue weighted by atomic mass is 10.0. The van der Waals surface area contributed by atoms with Crippen LogP contribution in [-0.4, -0.2) is 63.8 Å².